The smallest absolute Gasteiger partial charge is 0.373 e. The molecule has 3 aromatic rings. The van der Waals surface area contributed by atoms with Crippen molar-refractivity contribution < 1.29 is 24.1 Å². The molecule has 2 atom stereocenters. The summed E-state index contributed by atoms with van der Waals surface area (Å²) in [6.45, 7) is 4.04. The predicted molar refractivity (Wildman–Crippen MR) is 120 cm³/mol. The van der Waals surface area contributed by atoms with Crippen LogP contribution in [0.4, 0.5) is 0 Å². The standard InChI is InChI=1S/C25H24O5S/c1-2-11-28-25(27)22-12-19(21-16-31-23-6-4-3-5-20(21)23)13-24(30-22)29-15-18-9-7-17(14-26)8-10-18/h2-10,12,16,19,24,26H,1,11,13-15H2/t19-,24+/m1/s1. The van der Waals surface area contributed by atoms with Gasteiger partial charge in [0.05, 0.1) is 13.2 Å². The molecule has 1 N–H and O–H groups in total. The van der Waals surface area contributed by atoms with Gasteiger partial charge < -0.3 is 19.3 Å². The van der Waals surface area contributed by atoms with Gasteiger partial charge in [-0.05, 0) is 39.6 Å². The molecule has 0 aliphatic carbocycles. The first kappa shape index (κ1) is 21.3. The van der Waals surface area contributed by atoms with Crippen molar-refractivity contribution in [3.05, 3.63) is 95.1 Å². The second kappa shape index (κ2) is 9.92. The Morgan fingerprint density at radius 3 is 2.74 bits per heavy atom. The van der Waals surface area contributed by atoms with Crippen LogP contribution in [-0.2, 0) is 32.2 Å². The van der Waals surface area contributed by atoms with Crippen LogP contribution in [0.3, 0.4) is 0 Å². The van der Waals surface area contributed by atoms with Crippen LogP contribution < -0.4 is 0 Å². The zero-order valence-corrected chi connectivity index (χ0v) is 17.8. The molecular formula is C25H24O5S. The summed E-state index contributed by atoms with van der Waals surface area (Å²) in [6.07, 6.45) is 3.36. The Labute approximate surface area is 185 Å². The largest absolute Gasteiger partial charge is 0.458 e. The molecule has 0 amide bonds. The third kappa shape index (κ3) is 5.05. The van der Waals surface area contributed by atoms with Gasteiger partial charge >= 0.3 is 5.97 Å². The quantitative estimate of drug-likeness (QED) is 0.395. The van der Waals surface area contributed by atoms with E-state index in [1.165, 1.54) is 16.2 Å². The predicted octanol–water partition coefficient (Wildman–Crippen LogP) is 5.05. The molecule has 6 heteroatoms. The van der Waals surface area contributed by atoms with E-state index in [2.05, 4.69) is 24.1 Å². The maximum absolute atomic E-state index is 12.5. The molecule has 2 heterocycles. The highest BCUT2D eigenvalue weighted by Crippen LogP contribution is 2.38. The minimum Gasteiger partial charge on any atom is -0.458 e. The molecule has 1 aromatic heterocycles. The minimum atomic E-state index is -0.586. The van der Waals surface area contributed by atoms with Crippen LogP contribution in [0.1, 0.15) is 29.0 Å². The minimum absolute atomic E-state index is 0.00409. The SMILES string of the molecule is C=CCOC(=O)C1=C[C@@H](c2csc3ccccc23)C[C@@H](OCc2ccc(CO)cc2)O1. The monoisotopic (exact) mass is 436 g/mol. The van der Waals surface area contributed by atoms with Crippen molar-refractivity contribution in [2.75, 3.05) is 6.61 Å². The van der Waals surface area contributed by atoms with Crippen LogP contribution >= 0.6 is 11.3 Å². The molecule has 1 aliphatic rings. The molecule has 5 nitrogen and oxygen atoms in total. The van der Waals surface area contributed by atoms with Crippen LogP contribution in [0.25, 0.3) is 10.1 Å². The number of esters is 1. The Bertz CT molecular complexity index is 1080. The summed E-state index contributed by atoms with van der Waals surface area (Å²) < 4.78 is 18.3. The van der Waals surface area contributed by atoms with Crippen LogP contribution in [0.5, 0.6) is 0 Å². The van der Waals surface area contributed by atoms with E-state index in [9.17, 15) is 9.90 Å². The first-order valence-electron chi connectivity index (χ1n) is 10.1. The van der Waals surface area contributed by atoms with Gasteiger partial charge in [0.25, 0.3) is 0 Å². The van der Waals surface area contributed by atoms with Crippen LogP contribution in [0, 0.1) is 0 Å². The van der Waals surface area contributed by atoms with Crippen molar-refractivity contribution in [3.8, 4) is 0 Å². The molecule has 0 spiro atoms. The summed E-state index contributed by atoms with van der Waals surface area (Å²) in [5.41, 5.74) is 2.96. The summed E-state index contributed by atoms with van der Waals surface area (Å²) in [5, 5.41) is 12.5. The van der Waals surface area contributed by atoms with Gasteiger partial charge in [0.1, 0.15) is 6.61 Å². The Kier molecular flexibility index (Phi) is 6.82. The molecule has 0 radical (unpaired) electrons. The molecule has 160 valence electrons. The highest BCUT2D eigenvalue weighted by Gasteiger charge is 2.30. The van der Waals surface area contributed by atoms with Gasteiger partial charge in [-0.25, -0.2) is 4.79 Å². The number of aliphatic hydroxyl groups is 1. The van der Waals surface area contributed by atoms with Crippen LogP contribution in [0.15, 0.2) is 78.4 Å². The molecule has 2 aromatic carbocycles. The number of hydrogen-bond acceptors (Lipinski definition) is 6. The molecule has 0 unspecified atom stereocenters. The maximum atomic E-state index is 12.5. The fraction of sp³-hybridized carbons (Fsp3) is 0.240. The normalized spacial score (nSPS) is 18.3. The lowest BCUT2D eigenvalue weighted by Gasteiger charge is -2.28. The number of carbonyl (C=O) groups excluding carboxylic acids is 1. The van der Waals surface area contributed by atoms with Crippen molar-refractivity contribution in [3.63, 3.8) is 0 Å². The second-order valence-corrected chi connectivity index (χ2v) is 8.19. The summed E-state index contributed by atoms with van der Waals surface area (Å²) in [7, 11) is 0. The van der Waals surface area contributed by atoms with Gasteiger partial charge in [-0.2, -0.15) is 0 Å². The summed E-state index contributed by atoms with van der Waals surface area (Å²) >= 11 is 1.69. The number of allylic oxidation sites excluding steroid dienone is 1. The number of ether oxygens (including phenoxy) is 3. The number of thiophene rings is 1. The van der Waals surface area contributed by atoms with E-state index < -0.39 is 12.3 Å². The van der Waals surface area contributed by atoms with Gasteiger partial charge in [-0.3, -0.25) is 0 Å². The van der Waals surface area contributed by atoms with Crippen molar-refractivity contribution in [2.24, 2.45) is 0 Å². The van der Waals surface area contributed by atoms with Gasteiger partial charge in [-0.1, -0.05) is 55.1 Å². The van der Waals surface area contributed by atoms with Crippen molar-refractivity contribution in [1.82, 2.24) is 0 Å². The number of fused-ring (bicyclic) bond motifs is 1. The molecule has 0 fully saturated rings. The molecule has 1 aliphatic heterocycles. The summed E-state index contributed by atoms with van der Waals surface area (Å²) in [4.78, 5) is 12.5. The number of carbonyl (C=O) groups is 1. The molecular weight excluding hydrogens is 412 g/mol. The van der Waals surface area contributed by atoms with E-state index in [0.29, 0.717) is 13.0 Å². The highest BCUT2D eigenvalue weighted by atomic mass is 32.1. The molecule has 0 saturated heterocycles. The lowest BCUT2D eigenvalue weighted by Crippen LogP contribution is -2.27. The van der Waals surface area contributed by atoms with Crippen LogP contribution in [0.2, 0.25) is 0 Å². The average Bonchev–Trinajstić information content (AvgIpc) is 3.25. The lowest BCUT2D eigenvalue weighted by molar-refractivity contribution is -0.163. The van der Waals surface area contributed by atoms with Gasteiger partial charge in [0.2, 0.25) is 12.0 Å². The molecule has 31 heavy (non-hydrogen) atoms. The van der Waals surface area contributed by atoms with E-state index in [1.807, 2.05) is 42.5 Å². The van der Waals surface area contributed by atoms with Crippen molar-refractivity contribution in [1.29, 1.82) is 0 Å². The van der Waals surface area contributed by atoms with E-state index >= 15 is 0 Å². The molecule has 4 rings (SSSR count). The maximum Gasteiger partial charge on any atom is 0.373 e. The van der Waals surface area contributed by atoms with Gasteiger partial charge in [0, 0.05) is 17.0 Å². The topological polar surface area (TPSA) is 65.0 Å². The molecule has 0 bridgehead atoms. The third-order valence-electron chi connectivity index (χ3n) is 5.14. The second-order valence-electron chi connectivity index (χ2n) is 7.28. The fourth-order valence-corrected chi connectivity index (χ4v) is 4.57. The number of rotatable bonds is 8. The number of benzene rings is 2. The van der Waals surface area contributed by atoms with Crippen molar-refractivity contribution >= 4 is 27.4 Å². The molecule has 0 saturated carbocycles. The van der Waals surface area contributed by atoms with E-state index in [0.717, 1.165) is 16.7 Å². The zero-order valence-electron chi connectivity index (χ0n) is 17.0. The average molecular weight is 437 g/mol. The fourth-order valence-electron chi connectivity index (χ4n) is 3.54. The van der Waals surface area contributed by atoms with E-state index in [1.54, 1.807) is 11.3 Å². The Hall–Kier alpha value is -2.93. The number of aliphatic hydroxyl groups excluding tert-OH is 1. The zero-order chi connectivity index (χ0) is 21.6. The first-order chi connectivity index (χ1) is 15.2. The van der Waals surface area contributed by atoms with Crippen molar-refractivity contribution in [2.45, 2.75) is 31.8 Å². The highest BCUT2D eigenvalue weighted by molar-refractivity contribution is 7.17. The Balaban J connectivity index is 1.54. The van der Waals surface area contributed by atoms with Gasteiger partial charge in [-0.15, -0.1) is 11.3 Å². The van der Waals surface area contributed by atoms with E-state index in [4.69, 9.17) is 14.2 Å². The number of hydrogen-bond donors (Lipinski definition) is 1. The first-order valence-corrected chi connectivity index (χ1v) is 11.0. The lowest BCUT2D eigenvalue weighted by atomic mass is 9.92. The summed E-state index contributed by atoms with van der Waals surface area (Å²) in [5.74, 6) is -0.392. The van der Waals surface area contributed by atoms with Crippen LogP contribution in [-0.4, -0.2) is 24.0 Å². The Morgan fingerprint density at radius 1 is 1.19 bits per heavy atom. The third-order valence-corrected chi connectivity index (χ3v) is 6.12. The Morgan fingerprint density at radius 2 is 1.97 bits per heavy atom. The summed E-state index contributed by atoms with van der Waals surface area (Å²) in [6, 6.07) is 15.8. The van der Waals surface area contributed by atoms with E-state index in [-0.39, 0.29) is 24.9 Å². The van der Waals surface area contributed by atoms with Gasteiger partial charge in [0.15, 0.2) is 0 Å².